The number of esters is 3. The van der Waals surface area contributed by atoms with Gasteiger partial charge in [0.1, 0.15) is 13.2 Å². The monoisotopic (exact) mass is 1150 g/mol. The van der Waals surface area contributed by atoms with Crippen LogP contribution in [0.5, 0.6) is 0 Å². The van der Waals surface area contributed by atoms with Gasteiger partial charge >= 0.3 is 17.9 Å². The fourth-order valence-corrected chi connectivity index (χ4v) is 9.94. The van der Waals surface area contributed by atoms with Crippen molar-refractivity contribution in [1.82, 2.24) is 0 Å². The Bertz CT molecular complexity index is 1660. The number of ether oxygens (including phenoxy) is 3. The highest BCUT2D eigenvalue weighted by atomic mass is 16.6. The molecule has 1 unspecified atom stereocenters. The molecule has 0 radical (unpaired) electrons. The highest BCUT2D eigenvalue weighted by Crippen LogP contribution is 2.17. The minimum Gasteiger partial charge on any atom is -0.462 e. The van der Waals surface area contributed by atoms with Crippen LogP contribution in [0.15, 0.2) is 109 Å². The van der Waals surface area contributed by atoms with Crippen LogP contribution in [-0.2, 0) is 28.6 Å². The zero-order valence-corrected chi connectivity index (χ0v) is 54.7. The second-order valence-corrected chi connectivity index (χ2v) is 23.4. The quantitative estimate of drug-likeness (QED) is 0.0261. The number of allylic oxidation sites excluding steroid dienone is 18. The van der Waals surface area contributed by atoms with Gasteiger partial charge in [-0.25, -0.2) is 0 Å². The van der Waals surface area contributed by atoms with Gasteiger partial charge in [-0.05, 0) is 128 Å². The summed E-state index contributed by atoms with van der Waals surface area (Å²) in [4.78, 5) is 38.4. The standard InChI is InChI=1S/C77H132O6/c1-4-7-10-13-16-19-22-25-28-30-32-33-34-35-36-37-38-39-40-41-42-43-45-46-49-52-55-58-61-64-67-70-76(79)82-73-74(72-81-75(78)69-66-63-60-57-54-51-48-27-24-21-18-15-12-9-6-3)83-77(80)71-68-65-62-59-56-53-50-47-44-31-29-26-23-20-17-14-11-8-5-2/h7,10,16-17,19-20,25-29,32-33,35-36,38-39,48,74H,4-6,8-9,11-15,18,21-24,30-31,34,37,40-47,49-73H2,1-3H3/b10-7-,19-16-,20-17-,28-25-,29-26-,33-32-,36-35-,39-38-,48-27-. The number of rotatable bonds is 64. The van der Waals surface area contributed by atoms with Crippen LogP contribution < -0.4 is 0 Å². The largest absolute Gasteiger partial charge is 0.462 e. The van der Waals surface area contributed by atoms with E-state index in [4.69, 9.17) is 14.2 Å². The van der Waals surface area contributed by atoms with Gasteiger partial charge in [-0.2, -0.15) is 0 Å². The topological polar surface area (TPSA) is 78.9 Å². The third-order valence-electron chi connectivity index (χ3n) is 15.2. The smallest absolute Gasteiger partial charge is 0.306 e. The maximum Gasteiger partial charge on any atom is 0.306 e. The minimum absolute atomic E-state index is 0.0818. The lowest BCUT2D eigenvalue weighted by Gasteiger charge is -2.18. The Balaban J connectivity index is 4.29. The van der Waals surface area contributed by atoms with E-state index in [2.05, 4.69) is 130 Å². The third-order valence-corrected chi connectivity index (χ3v) is 15.2. The minimum atomic E-state index is -0.787. The molecular weight excluding hydrogens is 1020 g/mol. The molecule has 476 valence electrons. The van der Waals surface area contributed by atoms with E-state index in [9.17, 15) is 14.4 Å². The molecule has 0 aromatic heterocycles. The van der Waals surface area contributed by atoms with Crippen LogP contribution in [0, 0.1) is 0 Å². The Kier molecular flexibility index (Phi) is 67.2. The molecule has 6 heteroatoms. The second-order valence-electron chi connectivity index (χ2n) is 23.4. The molecule has 6 nitrogen and oxygen atoms in total. The van der Waals surface area contributed by atoms with Gasteiger partial charge in [0.15, 0.2) is 6.10 Å². The summed E-state index contributed by atoms with van der Waals surface area (Å²) in [6, 6.07) is 0. The molecule has 0 saturated heterocycles. The molecular formula is C77H132O6. The van der Waals surface area contributed by atoms with Crippen molar-refractivity contribution < 1.29 is 28.6 Å². The number of unbranched alkanes of at least 4 members (excludes halogenated alkanes) is 35. The first kappa shape index (κ1) is 79.1. The van der Waals surface area contributed by atoms with Gasteiger partial charge in [-0.1, -0.05) is 304 Å². The Labute approximate surface area is 514 Å². The van der Waals surface area contributed by atoms with Gasteiger partial charge in [0.25, 0.3) is 0 Å². The van der Waals surface area contributed by atoms with Gasteiger partial charge in [0, 0.05) is 19.3 Å². The predicted octanol–water partition coefficient (Wildman–Crippen LogP) is 24.6. The summed E-state index contributed by atoms with van der Waals surface area (Å²) in [6.45, 7) is 6.52. The van der Waals surface area contributed by atoms with Crippen molar-refractivity contribution in [2.24, 2.45) is 0 Å². The Morgan fingerprint density at radius 2 is 0.470 bits per heavy atom. The van der Waals surface area contributed by atoms with Crippen molar-refractivity contribution in [2.45, 2.75) is 348 Å². The molecule has 1 atom stereocenters. The van der Waals surface area contributed by atoms with Crippen LogP contribution in [-0.4, -0.2) is 37.2 Å². The van der Waals surface area contributed by atoms with Crippen LogP contribution in [0.2, 0.25) is 0 Å². The highest BCUT2D eigenvalue weighted by molar-refractivity contribution is 5.71. The summed E-state index contributed by atoms with van der Waals surface area (Å²) in [5, 5.41) is 0. The molecule has 83 heavy (non-hydrogen) atoms. The van der Waals surface area contributed by atoms with E-state index >= 15 is 0 Å². The highest BCUT2D eigenvalue weighted by Gasteiger charge is 2.19. The predicted molar refractivity (Wildman–Crippen MR) is 362 cm³/mol. The van der Waals surface area contributed by atoms with Crippen molar-refractivity contribution in [3.05, 3.63) is 109 Å². The van der Waals surface area contributed by atoms with E-state index in [0.29, 0.717) is 19.3 Å². The van der Waals surface area contributed by atoms with Crippen molar-refractivity contribution in [3.8, 4) is 0 Å². The van der Waals surface area contributed by atoms with Crippen LogP contribution in [0.25, 0.3) is 0 Å². The lowest BCUT2D eigenvalue weighted by molar-refractivity contribution is -0.167. The normalized spacial score (nSPS) is 12.8. The molecule has 0 spiro atoms. The van der Waals surface area contributed by atoms with Gasteiger partial charge in [0.2, 0.25) is 0 Å². The van der Waals surface area contributed by atoms with E-state index < -0.39 is 6.10 Å². The molecule has 0 bridgehead atoms. The third kappa shape index (κ3) is 68.7. The van der Waals surface area contributed by atoms with E-state index in [1.807, 2.05) is 0 Å². The van der Waals surface area contributed by atoms with Crippen molar-refractivity contribution in [1.29, 1.82) is 0 Å². The molecule has 0 heterocycles. The van der Waals surface area contributed by atoms with E-state index in [-0.39, 0.29) is 31.1 Å². The molecule has 0 N–H and O–H groups in total. The molecule has 0 fully saturated rings. The van der Waals surface area contributed by atoms with E-state index in [1.54, 1.807) is 0 Å². The van der Waals surface area contributed by atoms with Gasteiger partial charge in [-0.15, -0.1) is 0 Å². The van der Waals surface area contributed by atoms with E-state index in [0.717, 1.165) is 109 Å². The lowest BCUT2D eigenvalue weighted by atomic mass is 10.0. The summed E-state index contributed by atoms with van der Waals surface area (Å²) in [7, 11) is 0. The first-order chi connectivity index (χ1) is 41.0. The molecule has 0 aromatic rings. The first-order valence-electron chi connectivity index (χ1n) is 35.4. The van der Waals surface area contributed by atoms with Crippen molar-refractivity contribution in [3.63, 3.8) is 0 Å². The Morgan fingerprint density at radius 3 is 0.771 bits per heavy atom. The molecule has 0 aromatic carbocycles. The molecule has 0 rings (SSSR count). The number of carbonyl (C=O) groups excluding carboxylic acids is 3. The Morgan fingerprint density at radius 1 is 0.253 bits per heavy atom. The molecule has 0 aliphatic rings. The average molecular weight is 1150 g/mol. The second kappa shape index (κ2) is 70.6. The average Bonchev–Trinajstić information content (AvgIpc) is 3.49. The summed E-state index contributed by atoms with van der Waals surface area (Å²) in [6.07, 6.45) is 96.8. The SMILES string of the molecule is CC/C=C\C/C=C\C/C=C\C/C=C\C/C=C\C/C=C\CCCCCCCCCCCCCCC(=O)OCC(COC(=O)CCCCCCC/C=C\CCCCCCCC)OC(=O)CCCCCCCCCCC/C=C\C/C=C\CCCCC. The number of hydrogen-bond acceptors (Lipinski definition) is 6. The maximum absolute atomic E-state index is 12.9. The van der Waals surface area contributed by atoms with Crippen LogP contribution in [0.1, 0.15) is 342 Å². The summed E-state index contributed by atoms with van der Waals surface area (Å²) >= 11 is 0. The number of hydrogen-bond donors (Lipinski definition) is 0. The fourth-order valence-electron chi connectivity index (χ4n) is 9.94. The summed E-state index contributed by atoms with van der Waals surface area (Å²) < 4.78 is 17.0. The Hall–Kier alpha value is -3.93. The van der Waals surface area contributed by atoms with Crippen LogP contribution in [0.3, 0.4) is 0 Å². The first-order valence-corrected chi connectivity index (χ1v) is 35.4. The lowest BCUT2D eigenvalue weighted by Crippen LogP contribution is -2.30. The molecule has 0 aliphatic heterocycles. The van der Waals surface area contributed by atoms with Crippen LogP contribution in [0.4, 0.5) is 0 Å². The summed E-state index contributed by atoms with van der Waals surface area (Å²) in [5.74, 6) is -0.882. The fraction of sp³-hybridized carbons (Fsp3) is 0.727. The van der Waals surface area contributed by atoms with Crippen molar-refractivity contribution in [2.75, 3.05) is 13.2 Å². The molecule has 0 saturated carbocycles. The zero-order valence-electron chi connectivity index (χ0n) is 54.7. The van der Waals surface area contributed by atoms with E-state index in [1.165, 1.54) is 193 Å². The summed E-state index contributed by atoms with van der Waals surface area (Å²) in [5.41, 5.74) is 0. The molecule has 0 amide bonds. The van der Waals surface area contributed by atoms with Crippen LogP contribution >= 0.6 is 0 Å². The zero-order chi connectivity index (χ0) is 59.9. The molecule has 0 aliphatic carbocycles. The maximum atomic E-state index is 12.9. The number of carbonyl (C=O) groups is 3. The van der Waals surface area contributed by atoms with Gasteiger partial charge in [-0.3, -0.25) is 14.4 Å². The van der Waals surface area contributed by atoms with Gasteiger partial charge in [0.05, 0.1) is 0 Å². The van der Waals surface area contributed by atoms with Crippen molar-refractivity contribution >= 4 is 17.9 Å². The van der Waals surface area contributed by atoms with Gasteiger partial charge < -0.3 is 14.2 Å².